The number of nitrogens with zero attached hydrogens (tertiary/aromatic N) is 4. The van der Waals surface area contributed by atoms with E-state index in [1.54, 1.807) is 7.05 Å². The molecule has 0 aliphatic carbocycles. The molecule has 26 heavy (non-hydrogen) atoms. The number of nitrogens with one attached hydrogen (secondary N) is 2. The van der Waals surface area contributed by atoms with Gasteiger partial charge in [-0.3, -0.25) is 15.1 Å². The van der Waals surface area contributed by atoms with Crippen molar-refractivity contribution in [2.75, 3.05) is 34.2 Å². The van der Waals surface area contributed by atoms with Crippen LogP contribution in [-0.2, 0) is 11.3 Å². The highest BCUT2D eigenvalue weighted by atomic mass is 35.5. The number of carbonyl (C=O) groups is 2. The van der Waals surface area contributed by atoms with Crippen molar-refractivity contribution in [3.05, 3.63) is 34.9 Å². The van der Waals surface area contributed by atoms with Gasteiger partial charge >= 0.3 is 6.03 Å². The summed E-state index contributed by atoms with van der Waals surface area (Å²) in [7, 11) is 5.62. The highest BCUT2D eigenvalue weighted by molar-refractivity contribution is 6.30. The van der Waals surface area contributed by atoms with E-state index >= 15 is 0 Å². The minimum atomic E-state index is -0.536. The molecular formula is C17H23ClN6O2. The number of aliphatic imine (C=N–C) groups is 1. The van der Waals surface area contributed by atoms with Gasteiger partial charge in [0.25, 0.3) is 5.91 Å². The molecule has 2 unspecified atom stereocenters. The Hall–Kier alpha value is -2.32. The molecule has 0 radical (unpaired) electrons. The highest BCUT2D eigenvalue weighted by Gasteiger charge is 2.49. The van der Waals surface area contributed by atoms with Crippen LogP contribution in [0.5, 0.6) is 0 Å². The summed E-state index contributed by atoms with van der Waals surface area (Å²) in [6.45, 7) is 1.86. The molecular weight excluding hydrogens is 356 g/mol. The maximum Gasteiger partial charge on any atom is 0.325 e. The van der Waals surface area contributed by atoms with Gasteiger partial charge in [0.05, 0.1) is 6.54 Å². The monoisotopic (exact) mass is 378 g/mol. The summed E-state index contributed by atoms with van der Waals surface area (Å²) in [6.07, 6.45) is -0.443. The van der Waals surface area contributed by atoms with Crippen molar-refractivity contribution >= 4 is 29.5 Å². The fourth-order valence-electron chi connectivity index (χ4n) is 3.04. The molecule has 2 aliphatic heterocycles. The Labute approximate surface area is 157 Å². The van der Waals surface area contributed by atoms with Gasteiger partial charge in [-0.15, -0.1) is 0 Å². The van der Waals surface area contributed by atoms with Crippen LogP contribution in [0.1, 0.15) is 5.56 Å². The molecule has 2 aliphatic rings. The topological polar surface area (TPSA) is 80.3 Å². The van der Waals surface area contributed by atoms with E-state index in [-0.39, 0.29) is 5.91 Å². The lowest BCUT2D eigenvalue weighted by atomic mass is 10.1. The van der Waals surface area contributed by atoms with Gasteiger partial charge in [-0.25, -0.2) is 4.79 Å². The first-order chi connectivity index (χ1) is 12.4. The van der Waals surface area contributed by atoms with E-state index in [1.807, 2.05) is 48.2 Å². The summed E-state index contributed by atoms with van der Waals surface area (Å²) in [6, 6.07) is 6.52. The van der Waals surface area contributed by atoms with E-state index in [0.717, 1.165) is 12.1 Å². The van der Waals surface area contributed by atoms with Crippen molar-refractivity contribution in [3.63, 3.8) is 0 Å². The van der Waals surface area contributed by atoms with Crippen LogP contribution in [0.2, 0.25) is 5.02 Å². The molecule has 2 saturated heterocycles. The molecule has 1 aromatic rings. The van der Waals surface area contributed by atoms with Gasteiger partial charge in [0.15, 0.2) is 12.0 Å². The second-order valence-corrected chi connectivity index (χ2v) is 7.14. The molecule has 0 bridgehead atoms. The van der Waals surface area contributed by atoms with Gasteiger partial charge in [-0.05, 0) is 31.8 Å². The molecule has 0 spiro atoms. The van der Waals surface area contributed by atoms with Gasteiger partial charge in [0.1, 0.15) is 6.17 Å². The van der Waals surface area contributed by atoms with E-state index in [2.05, 4.69) is 15.6 Å². The van der Waals surface area contributed by atoms with E-state index in [1.165, 1.54) is 4.90 Å². The van der Waals surface area contributed by atoms with E-state index < -0.39 is 18.2 Å². The third-order valence-electron chi connectivity index (χ3n) is 4.50. The second-order valence-electron chi connectivity index (χ2n) is 6.70. The average Bonchev–Trinajstić information content (AvgIpc) is 2.94. The van der Waals surface area contributed by atoms with Gasteiger partial charge < -0.3 is 20.0 Å². The summed E-state index contributed by atoms with van der Waals surface area (Å²) in [5, 5.41) is 6.30. The smallest absolute Gasteiger partial charge is 0.325 e. The lowest BCUT2D eigenvalue weighted by Gasteiger charge is -2.35. The van der Waals surface area contributed by atoms with E-state index in [0.29, 0.717) is 24.1 Å². The van der Waals surface area contributed by atoms with Crippen molar-refractivity contribution in [2.24, 2.45) is 4.99 Å². The molecule has 3 rings (SSSR count). The number of urea groups is 1. The first-order valence-corrected chi connectivity index (χ1v) is 8.79. The van der Waals surface area contributed by atoms with Crippen molar-refractivity contribution in [3.8, 4) is 0 Å². The molecule has 140 valence electrons. The number of rotatable bonds is 5. The van der Waals surface area contributed by atoms with Crippen molar-refractivity contribution < 1.29 is 9.59 Å². The summed E-state index contributed by atoms with van der Waals surface area (Å²) < 4.78 is 0. The quantitative estimate of drug-likeness (QED) is 0.781. The second kappa shape index (κ2) is 7.51. The molecule has 9 heteroatoms. The summed E-state index contributed by atoms with van der Waals surface area (Å²) in [5.41, 5.74) is 1.00. The zero-order chi connectivity index (χ0) is 18.8. The van der Waals surface area contributed by atoms with Crippen LogP contribution < -0.4 is 10.6 Å². The van der Waals surface area contributed by atoms with Crippen LogP contribution in [0, 0.1) is 0 Å². The maximum atomic E-state index is 12.5. The first kappa shape index (κ1) is 18.5. The number of fused-ring (bicyclic) bond motifs is 1. The van der Waals surface area contributed by atoms with Crippen LogP contribution in [0.15, 0.2) is 29.3 Å². The number of likely N-dealkylation sites (N-methyl/N-ethyl adjacent to an activating group) is 2. The molecule has 2 fully saturated rings. The molecule has 1 aromatic carbocycles. The Morgan fingerprint density at radius 2 is 1.92 bits per heavy atom. The van der Waals surface area contributed by atoms with Crippen LogP contribution in [0.25, 0.3) is 0 Å². The largest absolute Gasteiger partial charge is 0.333 e. The Bertz CT molecular complexity index is 720. The number of benzene rings is 1. The number of hydrogen-bond acceptors (Lipinski definition) is 4. The van der Waals surface area contributed by atoms with Crippen molar-refractivity contribution in [2.45, 2.75) is 18.8 Å². The van der Waals surface area contributed by atoms with Crippen LogP contribution in [0.4, 0.5) is 4.79 Å². The number of amides is 3. The third kappa shape index (κ3) is 3.76. The van der Waals surface area contributed by atoms with Gasteiger partial charge in [0.2, 0.25) is 0 Å². The zero-order valence-electron chi connectivity index (χ0n) is 15.1. The Morgan fingerprint density at radius 3 is 2.58 bits per heavy atom. The predicted octanol–water partition coefficient (Wildman–Crippen LogP) is 0.539. The molecule has 2 N–H and O–H groups in total. The minimum Gasteiger partial charge on any atom is -0.333 e. The molecule has 8 nitrogen and oxygen atoms in total. The van der Waals surface area contributed by atoms with E-state index in [4.69, 9.17) is 11.6 Å². The summed E-state index contributed by atoms with van der Waals surface area (Å²) in [4.78, 5) is 34.5. The molecule has 0 saturated carbocycles. The Morgan fingerprint density at radius 1 is 1.23 bits per heavy atom. The highest BCUT2D eigenvalue weighted by Crippen LogP contribution is 2.23. The first-order valence-electron chi connectivity index (χ1n) is 8.41. The fraction of sp³-hybridized carbons (Fsp3) is 0.471. The molecule has 0 aromatic heterocycles. The van der Waals surface area contributed by atoms with Gasteiger partial charge in [0, 0.05) is 25.2 Å². The van der Waals surface area contributed by atoms with Crippen LogP contribution in [-0.4, -0.2) is 79.0 Å². The van der Waals surface area contributed by atoms with Crippen LogP contribution >= 0.6 is 11.6 Å². The maximum absolute atomic E-state index is 12.5. The Kier molecular flexibility index (Phi) is 5.33. The Balaban J connectivity index is 1.87. The van der Waals surface area contributed by atoms with Crippen LogP contribution in [0.3, 0.4) is 0 Å². The fourth-order valence-corrected chi connectivity index (χ4v) is 3.16. The average molecular weight is 379 g/mol. The van der Waals surface area contributed by atoms with Crippen molar-refractivity contribution in [1.82, 2.24) is 25.3 Å². The number of halogens is 1. The molecule has 3 amide bonds. The third-order valence-corrected chi connectivity index (χ3v) is 4.75. The number of guanidine groups is 1. The summed E-state index contributed by atoms with van der Waals surface area (Å²) >= 11 is 5.96. The normalized spacial score (nSPS) is 24.1. The van der Waals surface area contributed by atoms with E-state index in [9.17, 15) is 9.59 Å². The lowest BCUT2D eigenvalue weighted by Crippen LogP contribution is -2.64. The SMILES string of the molecule is CN(C)CCN=C1NC2C(C(=O)NC(=O)N2C)N1Cc1ccc(Cl)cc1. The van der Waals surface area contributed by atoms with Gasteiger partial charge in [-0.2, -0.15) is 0 Å². The van der Waals surface area contributed by atoms with Gasteiger partial charge in [-0.1, -0.05) is 23.7 Å². The molecule has 2 atom stereocenters. The molecule has 2 heterocycles. The summed E-state index contributed by atoms with van der Waals surface area (Å²) in [5.74, 6) is 0.297. The standard InChI is InChI=1S/C17H23ClN6O2/c1-22(2)9-8-19-16-20-14-13(15(25)21-17(26)23(14)3)24(16)10-11-4-6-12(18)7-5-11/h4-7,13-14H,8-10H2,1-3H3,(H,19,20)(H,21,25,26). The zero-order valence-corrected chi connectivity index (χ0v) is 15.8. The predicted molar refractivity (Wildman–Crippen MR) is 99.9 cm³/mol. The minimum absolute atomic E-state index is 0.322. The number of imide groups is 1. The lowest BCUT2D eigenvalue weighted by molar-refractivity contribution is -0.127. The number of hydrogen-bond donors (Lipinski definition) is 2. The van der Waals surface area contributed by atoms with Crippen molar-refractivity contribution in [1.29, 1.82) is 0 Å². The number of carbonyl (C=O) groups excluding carboxylic acids is 2.